The summed E-state index contributed by atoms with van der Waals surface area (Å²) in [7, 11) is 0.925. The number of nitrogens with one attached hydrogen (secondary N) is 1. The van der Waals surface area contributed by atoms with Gasteiger partial charge in [-0.2, -0.15) is 0 Å². The lowest BCUT2D eigenvalue weighted by atomic mass is 9.78. The lowest BCUT2D eigenvalue weighted by molar-refractivity contribution is 0.00578. The highest BCUT2D eigenvalue weighted by Crippen LogP contribution is 2.36. The molecule has 1 saturated heterocycles. The standard InChI is InChI=1S/C16H20BNO4/c1-15(2)16(3,4)22-17(21-15)10-6-7-13-11(8-10)12(9-18-13)14(19)20-5/h6-9,18H,1-5H3. The molecule has 116 valence electrons. The summed E-state index contributed by atoms with van der Waals surface area (Å²) in [5.41, 5.74) is 1.48. The number of carbonyl (C=O) groups excluding carboxylic acids is 1. The van der Waals surface area contributed by atoms with Gasteiger partial charge in [0.25, 0.3) is 0 Å². The molecule has 2 heterocycles. The molecule has 5 nitrogen and oxygen atoms in total. The lowest BCUT2D eigenvalue weighted by Crippen LogP contribution is -2.41. The zero-order chi connectivity index (χ0) is 16.1. The Morgan fingerprint density at radius 2 is 1.82 bits per heavy atom. The first-order chi connectivity index (χ1) is 10.2. The molecule has 1 N–H and O–H groups in total. The van der Waals surface area contributed by atoms with Gasteiger partial charge < -0.3 is 19.0 Å². The molecular formula is C16H20BNO4. The molecule has 1 aromatic heterocycles. The van der Waals surface area contributed by atoms with Gasteiger partial charge >= 0.3 is 13.1 Å². The van der Waals surface area contributed by atoms with Crippen molar-refractivity contribution in [2.24, 2.45) is 0 Å². The maximum Gasteiger partial charge on any atom is 0.494 e. The van der Waals surface area contributed by atoms with Crippen molar-refractivity contribution in [3.05, 3.63) is 30.0 Å². The number of hydrogen-bond acceptors (Lipinski definition) is 4. The second kappa shape index (κ2) is 4.86. The molecule has 1 fully saturated rings. The number of aromatic nitrogens is 1. The average molecular weight is 301 g/mol. The van der Waals surface area contributed by atoms with Crippen LogP contribution in [0.25, 0.3) is 10.9 Å². The van der Waals surface area contributed by atoms with Crippen LogP contribution in [-0.4, -0.2) is 36.4 Å². The fraction of sp³-hybridized carbons (Fsp3) is 0.438. The number of methoxy groups -OCH3 is 1. The van der Waals surface area contributed by atoms with E-state index in [1.165, 1.54) is 7.11 Å². The predicted molar refractivity (Wildman–Crippen MR) is 85.4 cm³/mol. The summed E-state index contributed by atoms with van der Waals surface area (Å²) < 4.78 is 16.9. The summed E-state index contributed by atoms with van der Waals surface area (Å²) >= 11 is 0. The van der Waals surface area contributed by atoms with Gasteiger partial charge in [-0.1, -0.05) is 12.1 Å². The molecule has 6 heteroatoms. The molecule has 0 saturated carbocycles. The molecule has 1 aliphatic heterocycles. The molecule has 0 radical (unpaired) electrons. The monoisotopic (exact) mass is 301 g/mol. The SMILES string of the molecule is COC(=O)c1c[nH]c2ccc(B3OC(C)(C)C(C)(C)O3)cc12. The van der Waals surface area contributed by atoms with Crippen molar-refractivity contribution in [1.82, 2.24) is 4.98 Å². The Bertz CT molecular complexity index is 719. The molecule has 3 rings (SSSR count). The van der Waals surface area contributed by atoms with Gasteiger partial charge in [-0.3, -0.25) is 0 Å². The number of carbonyl (C=O) groups is 1. The minimum Gasteiger partial charge on any atom is -0.465 e. The van der Waals surface area contributed by atoms with Crippen LogP contribution in [-0.2, 0) is 14.0 Å². The molecule has 0 unspecified atom stereocenters. The molecule has 0 atom stereocenters. The topological polar surface area (TPSA) is 60.6 Å². The van der Waals surface area contributed by atoms with Crippen LogP contribution in [0.5, 0.6) is 0 Å². The lowest BCUT2D eigenvalue weighted by Gasteiger charge is -2.32. The van der Waals surface area contributed by atoms with Crippen LogP contribution in [0.3, 0.4) is 0 Å². The van der Waals surface area contributed by atoms with Crippen LogP contribution >= 0.6 is 0 Å². The van der Waals surface area contributed by atoms with Crippen LogP contribution in [0.15, 0.2) is 24.4 Å². The highest BCUT2D eigenvalue weighted by molar-refractivity contribution is 6.62. The summed E-state index contributed by atoms with van der Waals surface area (Å²) in [5, 5.41) is 0.805. The first-order valence-corrected chi connectivity index (χ1v) is 7.30. The molecular weight excluding hydrogens is 281 g/mol. The molecule has 0 spiro atoms. The van der Waals surface area contributed by atoms with E-state index in [1.807, 2.05) is 45.9 Å². The third-order valence-corrected chi connectivity index (χ3v) is 4.64. The zero-order valence-electron chi connectivity index (χ0n) is 13.5. The summed E-state index contributed by atoms with van der Waals surface area (Å²) in [5.74, 6) is -0.364. The molecule has 0 bridgehead atoms. The molecule has 0 aliphatic carbocycles. The fourth-order valence-electron chi connectivity index (χ4n) is 2.54. The third kappa shape index (κ3) is 2.23. The number of aromatic amines is 1. The zero-order valence-corrected chi connectivity index (χ0v) is 13.5. The van der Waals surface area contributed by atoms with E-state index in [1.54, 1.807) is 6.20 Å². The summed E-state index contributed by atoms with van der Waals surface area (Å²) in [4.78, 5) is 14.9. The van der Waals surface area contributed by atoms with E-state index in [4.69, 9.17) is 14.0 Å². The fourth-order valence-corrected chi connectivity index (χ4v) is 2.54. The number of H-pyrrole nitrogens is 1. The van der Waals surface area contributed by atoms with Gasteiger partial charge in [-0.25, -0.2) is 4.79 Å². The maximum atomic E-state index is 11.8. The third-order valence-electron chi connectivity index (χ3n) is 4.64. The van der Waals surface area contributed by atoms with Gasteiger partial charge in [0.05, 0.1) is 23.9 Å². The molecule has 22 heavy (non-hydrogen) atoms. The van der Waals surface area contributed by atoms with Crippen LogP contribution in [0, 0.1) is 0 Å². The van der Waals surface area contributed by atoms with Crippen molar-refractivity contribution in [3.8, 4) is 0 Å². The van der Waals surface area contributed by atoms with Crippen molar-refractivity contribution < 1.29 is 18.8 Å². The number of ether oxygens (including phenoxy) is 1. The minimum atomic E-state index is -0.449. The van der Waals surface area contributed by atoms with Crippen molar-refractivity contribution in [2.75, 3.05) is 7.11 Å². The van der Waals surface area contributed by atoms with E-state index in [0.29, 0.717) is 5.56 Å². The second-order valence-electron chi connectivity index (χ2n) is 6.59. The normalized spacial score (nSPS) is 19.6. The summed E-state index contributed by atoms with van der Waals surface area (Å²) in [6.45, 7) is 8.06. The van der Waals surface area contributed by atoms with E-state index in [2.05, 4.69) is 4.98 Å². The second-order valence-corrected chi connectivity index (χ2v) is 6.59. The highest BCUT2D eigenvalue weighted by atomic mass is 16.7. The Morgan fingerprint density at radius 1 is 1.18 bits per heavy atom. The number of benzene rings is 1. The first kappa shape index (κ1) is 15.1. The molecule has 1 aliphatic rings. The predicted octanol–water partition coefficient (Wildman–Crippen LogP) is 2.25. The van der Waals surface area contributed by atoms with Gasteiger partial charge in [0, 0.05) is 17.1 Å². The van der Waals surface area contributed by atoms with Crippen molar-refractivity contribution in [3.63, 3.8) is 0 Å². The molecule has 2 aromatic rings. The number of hydrogen-bond donors (Lipinski definition) is 1. The maximum absolute atomic E-state index is 11.8. The van der Waals surface area contributed by atoms with E-state index in [0.717, 1.165) is 16.4 Å². The van der Waals surface area contributed by atoms with Gasteiger partial charge in [-0.15, -0.1) is 0 Å². The van der Waals surface area contributed by atoms with Gasteiger partial charge in [-0.05, 0) is 39.2 Å². The Hall–Kier alpha value is -1.79. The van der Waals surface area contributed by atoms with Gasteiger partial charge in [0.1, 0.15) is 0 Å². The van der Waals surface area contributed by atoms with Crippen LogP contribution in [0.1, 0.15) is 38.1 Å². The van der Waals surface area contributed by atoms with Crippen LogP contribution in [0.2, 0.25) is 0 Å². The van der Waals surface area contributed by atoms with Gasteiger partial charge in [0.2, 0.25) is 0 Å². The van der Waals surface area contributed by atoms with Crippen LogP contribution < -0.4 is 5.46 Å². The Balaban J connectivity index is 2.01. The Kier molecular flexibility index (Phi) is 3.34. The number of esters is 1. The smallest absolute Gasteiger partial charge is 0.465 e. The first-order valence-electron chi connectivity index (χ1n) is 7.30. The quantitative estimate of drug-likeness (QED) is 0.683. The van der Waals surface area contributed by atoms with E-state index >= 15 is 0 Å². The largest absolute Gasteiger partial charge is 0.494 e. The molecule has 1 aromatic carbocycles. The Morgan fingerprint density at radius 3 is 2.41 bits per heavy atom. The minimum absolute atomic E-state index is 0.364. The van der Waals surface area contributed by atoms with Crippen molar-refractivity contribution in [1.29, 1.82) is 0 Å². The number of rotatable bonds is 2. The van der Waals surface area contributed by atoms with E-state index in [9.17, 15) is 4.79 Å². The number of fused-ring (bicyclic) bond motifs is 1. The van der Waals surface area contributed by atoms with E-state index < -0.39 is 18.3 Å². The van der Waals surface area contributed by atoms with Crippen molar-refractivity contribution >= 4 is 29.5 Å². The van der Waals surface area contributed by atoms with Crippen LogP contribution in [0.4, 0.5) is 0 Å². The van der Waals surface area contributed by atoms with E-state index in [-0.39, 0.29) is 5.97 Å². The van der Waals surface area contributed by atoms with Gasteiger partial charge in [0.15, 0.2) is 0 Å². The Labute approximate surface area is 130 Å². The molecule has 0 amide bonds. The highest BCUT2D eigenvalue weighted by Gasteiger charge is 2.51. The average Bonchev–Trinajstić information content (AvgIpc) is 2.96. The van der Waals surface area contributed by atoms with Crippen molar-refractivity contribution in [2.45, 2.75) is 38.9 Å². The summed E-state index contributed by atoms with van der Waals surface area (Å²) in [6, 6.07) is 5.78. The summed E-state index contributed by atoms with van der Waals surface area (Å²) in [6.07, 6.45) is 1.66.